The second kappa shape index (κ2) is 11.7. The fourth-order valence-electron chi connectivity index (χ4n) is 2.78. The van der Waals surface area contributed by atoms with Gasteiger partial charge in [-0.15, -0.1) is 0 Å². The van der Waals surface area contributed by atoms with Crippen molar-refractivity contribution in [2.75, 3.05) is 19.7 Å². The predicted octanol–water partition coefficient (Wildman–Crippen LogP) is 7.07. The van der Waals surface area contributed by atoms with E-state index in [1.54, 1.807) is 0 Å². The van der Waals surface area contributed by atoms with Crippen LogP contribution in [0.1, 0.15) is 13.8 Å². The fraction of sp³-hybridized carbons (Fsp3) is 0.941. The van der Waals surface area contributed by atoms with Crippen molar-refractivity contribution in [3.63, 3.8) is 0 Å². The maximum atomic E-state index is 14.3. The summed E-state index contributed by atoms with van der Waals surface area (Å²) >= 11 is 0. The summed E-state index contributed by atoms with van der Waals surface area (Å²) in [6, 6.07) is 0. The third-order valence-electron chi connectivity index (χ3n) is 5.50. The van der Waals surface area contributed by atoms with Crippen molar-refractivity contribution in [3.05, 3.63) is 0 Å². The lowest BCUT2D eigenvalue weighted by molar-refractivity contribution is -0.476. The molecule has 0 amide bonds. The van der Waals surface area contributed by atoms with Gasteiger partial charge in [0.05, 0.1) is 6.61 Å². The molecular weight excluding hydrogens is 751 g/mol. The molecule has 0 radical (unpaired) electrons. The largest absolute Gasteiger partial charge is 0.465 e. The van der Waals surface area contributed by atoms with E-state index in [4.69, 9.17) is 0 Å². The first-order valence-electron chi connectivity index (χ1n) is 10.7. The van der Waals surface area contributed by atoms with Crippen LogP contribution in [-0.4, -0.2) is 103 Å². The average Bonchev–Trinajstić information content (AvgIpc) is 2.85. The monoisotopic (exact) mass is 763 g/mol. The zero-order valence-electron chi connectivity index (χ0n) is 21.3. The lowest BCUT2D eigenvalue weighted by Gasteiger charge is -2.45. The van der Waals surface area contributed by atoms with Crippen molar-refractivity contribution in [2.45, 2.75) is 78.6 Å². The Morgan fingerprint density at radius 2 is 0.761 bits per heavy atom. The van der Waals surface area contributed by atoms with E-state index in [-0.39, 0.29) is 0 Å². The highest BCUT2D eigenvalue weighted by atomic mass is 32.2. The molecule has 0 fully saturated rings. The zero-order chi connectivity index (χ0) is 38.0. The first-order valence-corrected chi connectivity index (χ1v) is 12.1. The van der Waals surface area contributed by atoms with Crippen LogP contribution in [0.4, 0.5) is 101 Å². The minimum absolute atomic E-state index is 0.312. The Labute approximate surface area is 238 Å². The number of nitrogens with zero attached hydrogens (tertiary/aromatic N) is 1. The van der Waals surface area contributed by atoms with Crippen LogP contribution in [0.15, 0.2) is 0 Å². The summed E-state index contributed by atoms with van der Waals surface area (Å²) in [6.07, 6.45) is -8.18. The van der Waals surface area contributed by atoms with Gasteiger partial charge in [-0.25, -0.2) is 8.42 Å². The van der Waals surface area contributed by atoms with E-state index in [2.05, 4.69) is 4.74 Å². The normalized spacial score (nSPS) is 16.2. The van der Waals surface area contributed by atoms with Crippen LogP contribution in [0.2, 0.25) is 0 Å². The Hall–Kier alpha value is -2.23. The van der Waals surface area contributed by atoms with Gasteiger partial charge in [0.1, 0.15) is 6.54 Å². The molecule has 0 aliphatic carbocycles. The van der Waals surface area contributed by atoms with Crippen molar-refractivity contribution in [2.24, 2.45) is 0 Å². The van der Waals surface area contributed by atoms with Crippen molar-refractivity contribution >= 4 is 16.0 Å². The summed E-state index contributed by atoms with van der Waals surface area (Å²) in [5.74, 6) is -85.3. The number of sulfonamides is 1. The lowest BCUT2D eigenvalue weighted by Crippen LogP contribution is -2.78. The number of carbonyl (C=O) groups excluding carboxylic acids is 1. The van der Waals surface area contributed by atoms with Crippen molar-refractivity contribution in [1.82, 2.24) is 4.31 Å². The summed E-state index contributed by atoms with van der Waals surface area (Å²) in [5, 5.41) is -8.02. The Balaban J connectivity index is 7.38. The number of ether oxygens (including phenoxy) is 1. The van der Waals surface area contributed by atoms with Crippen LogP contribution in [0.25, 0.3) is 0 Å². The van der Waals surface area contributed by atoms with Crippen LogP contribution >= 0.6 is 0 Å². The minimum Gasteiger partial charge on any atom is -0.465 e. The third kappa shape index (κ3) is 5.56. The molecule has 29 heteroatoms. The Kier molecular flexibility index (Phi) is 11.2. The van der Waals surface area contributed by atoms with Gasteiger partial charge >= 0.3 is 70.7 Å². The highest BCUT2D eigenvalue weighted by Gasteiger charge is 2.99. The van der Waals surface area contributed by atoms with Crippen LogP contribution < -0.4 is 0 Å². The number of rotatable bonds is 15. The average molecular weight is 763 g/mol. The Bertz CT molecular complexity index is 1230. The number of hydrogen-bond acceptors (Lipinski definition) is 4. The quantitative estimate of drug-likeness (QED) is 0.132. The molecule has 0 heterocycles. The van der Waals surface area contributed by atoms with Gasteiger partial charge in [0, 0.05) is 6.54 Å². The molecule has 0 rings (SSSR count). The molecule has 0 aliphatic heterocycles. The van der Waals surface area contributed by atoms with Crippen LogP contribution in [0.5, 0.6) is 0 Å². The summed E-state index contributed by atoms with van der Waals surface area (Å²) in [7, 11) is -7.80. The van der Waals surface area contributed by atoms with E-state index < -0.39 is 105 Å². The van der Waals surface area contributed by atoms with Gasteiger partial charge in [-0.3, -0.25) is 4.79 Å². The summed E-state index contributed by atoms with van der Waals surface area (Å²) in [4.78, 5) is 11.3. The smallest absolute Gasteiger partial charge is 0.460 e. The van der Waals surface area contributed by atoms with Crippen molar-refractivity contribution < 1.29 is 119 Å². The van der Waals surface area contributed by atoms with E-state index in [0.29, 0.717) is 6.92 Å². The summed E-state index contributed by atoms with van der Waals surface area (Å²) < 4.78 is 337. The third-order valence-corrected chi connectivity index (χ3v) is 7.48. The molecule has 0 aromatic carbocycles. The molecule has 0 atom stereocenters. The van der Waals surface area contributed by atoms with Crippen molar-refractivity contribution in [3.8, 4) is 0 Å². The van der Waals surface area contributed by atoms with Crippen molar-refractivity contribution in [1.29, 1.82) is 0 Å². The first-order chi connectivity index (χ1) is 19.7. The van der Waals surface area contributed by atoms with Crippen LogP contribution in [-0.2, 0) is 19.6 Å². The second-order valence-corrected chi connectivity index (χ2v) is 10.4. The minimum atomic E-state index is -9.61. The van der Waals surface area contributed by atoms with Gasteiger partial charge in [0.15, 0.2) is 0 Å². The number of halogens is 23. The van der Waals surface area contributed by atoms with E-state index in [0.717, 1.165) is 6.92 Å². The topological polar surface area (TPSA) is 63.7 Å². The molecule has 5 nitrogen and oxygen atoms in total. The fourth-order valence-corrected chi connectivity index (χ4v) is 4.17. The van der Waals surface area contributed by atoms with Gasteiger partial charge in [-0.05, 0) is 6.92 Å². The maximum absolute atomic E-state index is 14.3. The number of esters is 1. The van der Waals surface area contributed by atoms with E-state index in [1.807, 2.05) is 0 Å². The second-order valence-electron chi connectivity index (χ2n) is 8.42. The number of carbonyl (C=O) groups is 1. The van der Waals surface area contributed by atoms with E-state index in [9.17, 15) is 114 Å². The van der Waals surface area contributed by atoms with Crippen LogP contribution in [0.3, 0.4) is 0 Å². The molecular formula is C17H12F23NO4S. The highest BCUT2D eigenvalue weighted by molar-refractivity contribution is 7.90. The lowest BCUT2D eigenvalue weighted by atomic mass is 9.86. The molecule has 276 valence electrons. The molecule has 0 saturated carbocycles. The molecule has 0 N–H and O–H groups in total. The molecule has 0 spiro atoms. The van der Waals surface area contributed by atoms with Gasteiger partial charge in [-0.2, -0.15) is 105 Å². The van der Waals surface area contributed by atoms with E-state index in [1.165, 1.54) is 0 Å². The SMILES string of the molecule is CCOC(=O)CN(CC)S(=O)(=O)C(F)(F)C(F)(F)C(F)(F)C(F)(F)C(F)(F)C(F)(F)C(F)(F)C(F)(F)C(F)(F)C(F)(F)C(F)(F)F. The standard InChI is InChI=1S/C17H12F23NO4S/c1-3-41(5-6(42)45-4-2)46(43,44)17(39,40)15(34,35)13(30,31)11(26,27)9(22,23)7(18,19)8(20,21)10(24,25)12(28,29)14(32,33)16(36,37)38/h3-5H2,1-2H3. The van der Waals surface area contributed by atoms with E-state index >= 15 is 0 Å². The molecule has 0 unspecified atom stereocenters. The number of alkyl halides is 23. The van der Waals surface area contributed by atoms with Crippen LogP contribution in [0, 0.1) is 0 Å². The summed E-state index contributed by atoms with van der Waals surface area (Å²) in [5.41, 5.74) is 0. The molecule has 0 aromatic heterocycles. The predicted molar refractivity (Wildman–Crippen MR) is 98.3 cm³/mol. The molecule has 0 bridgehead atoms. The molecule has 0 aromatic rings. The molecule has 0 aliphatic rings. The Morgan fingerprint density at radius 1 is 0.500 bits per heavy atom. The summed E-state index contributed by atoms with van der Waals surface area (Å²) in [6.45, 7) is -3.41. The molecule has 46 heavy (non-hydrogen) atoms. The van der Waals surface area contributed by atoms with Gasteiger partial charge in [0.2, 0.25) is 0 Å². The number of likely N-dealkylation sites (N-methyl/N-ethyl adjacent to an activating group) is 1. The van der Waals surface area contributed by atoms with Gasteiger partial charge in [0.25, 0.3) is 10.0 Å². The first kappa shape index (κ1) is 43.8. The zero-order valence-corrected chi connectivity index (χ0v) is 22.1. The van der Waals surface area contributed by atoms with Gasteiger partial charge < -0.3 is 4.74 Å². The highest BCUT2D eigenvalue weighted by Crippen LogP contribution is 2.67. The maximum Gasteiger partial charge on any atom is 0.460 e. The number of hydrogen-bond donors (Lipinski definition) is 0. The Morgan fingerprint density at radius 3 is 1.00 bits per heavy atom. The molecule has 0 saturated heterocycles. The van der Waals surface area contributed by atoms with Gasteiger partial charge in [-0.1, -0.05) is 6.92 Å².